The van der Waals surface area contributed by atoms with Gasteiger partial charge < -0.3 is 9.47 Å². The fraction of sp³-hybridized carbons (Fsp3) is 0.0455. The Hall–Kier alpha value is -3.91. The Kier molecular flexibility index (Phi) is 5.60. The zero-order valence-electron chi connectivity index (χ0n) is 14.2. The lowest BCUT2D eigenvalue weighted by molar-refractivity contribution is 0.0404. The molecule has 0 heterocycles. The van der Waals surface area contributed by atoms with E-state index in [1.165, 1.54) is 0 Å². The second kappa shape index (κ2) is 8.45. The summed E-state index contributed by atoms with van der Waals surface area (Å²) in [5, 5.41) is 9.33. The van der Waals surface area contributed by atoms with Crippen LogP contribution in [-0.4, -0.2) is 11.9 Å². The summed E-state index contributed by atoms with van der Waals surface area (Å²) < 4.78 is 10.5. The molecule has 0 spiro atoms. The summed E-state index contributed by atoms with van der Waals surface area (Å²) in [6.45, 7) is 0. The quantitative estimate of drug-likeness (QED) is 0.502. The van der Waals surface area contributed by atoms with Crippen LogP contribution in [0.15, 0.2) is 84.9 Å². The smallest absolute Gasteiger partial charge is 0.343 e. The Morgan fingerprint density at radius 1 is 0.741 bits per heavy atom. The maximum atomic E-state index is 12.1. The number of benzene rings is 3. The molecular formula is C22H15NO4. The standard InChI is InChI=1S/C22H15NO4/c23-15-20(27-22(25)18-9-5-2-6-10-18)16-11-13-19(14-12-16)26-21(24)17-7-3-1-4-8-17/h1-14,20H/t20-/m1/s1. The van der Waals surface area contributed by atoms with Crippen LogP contribution in [0, 0.1) is 11.3 Å². The Balaban J connectivity index is 1.67. The first-order valence-corrected chi connectivity index (χ1v) is 8.20. The first kappa shape index (κ1) is 17.9. The third-order valence-corrected chi connectivity index (χ3v) is 3.75. The van der Waals surface area contributed by atoms with Crippen LogP contribution in [0.3, 0.4) is 0 Å². The monoisotopic (exact) mass is 357 g/mol. The van der Waals surface area contributed by atoms with Crippen molar-refractivity contribution in [2.45, 2.75) is 6.10 Å². The number of nitriles is 1. The molecule has 0 bridgehead atoms. The van der Waals surface area contributed by atoms with Crippen molar-refractivity contribution in [3.8, 4) is 11.8 Å². The van der Waals surface area contributed by atoms with Gasteiger partial charge in [-0.3, -0.25) is 0 Å². The number of carbonyl (C=O) groups excluding carboxylic acids is 2. The van der Waals surface area contributed by atoms with Gasteiger partial charge in [0.25, 0.3) is 0 Å². The first-order chi connectivity index (χ1) is 13.2. The maximum Gasteiger partial charge on any atom is 0.343 e. The van der Waals surface area contributed by atoms with Gasteiger partial charge in [-0.15, -0.1) is 0 Å². The number of rotatable bonds is 5. The lowest BCUT2D eigenvalue weighted by atomic mass is 10.1. The van der Waals surface area contributed by atoms with E-state index in [1.54, 1.807) is 78.9 Å². The number of carbonyl (C=O) groups is 2. The summed E-state index contributed by atoms with van der Waals surface area (Å²) in [7, 11) is 0. The Bertz CT molecular complexity index is 961. The SMILES string of the molecule is N#C[C@@H](OC(=O)c1ccccc1)c1ccc(OC(=O)c2ccccc2)cc1. The molecule has 5 nitrogen and oxygen atoms in total. The number of nitrogens with zero attached hydrogens (tertiary/aromatic N) is 1. The number of hydrogen-bond acceptors (Lipinski definition) is 5. The van der Waals surface area contributed by atoms with E-state index in [0.29, 0.717) is 22.4 Å². The fourth-order valence-electron chi connectivity index (χ4n) is 2.37. The van der Waals surface area contributed by atoms with E-state index in [0.717, 1.165) is 0 Å². The van der Waals surface area contributed by atoms with Gasteiger partial charge >= 0.3 is 11.9 Å². The van der Waals surface area contributed by atoms with E-state index in [4.69, 9.17) is 9.47 Å². The molecule has 0 saturated heterocycles. The van der Waals surface area contributed by atoms with Crippen LogP contribution >= 0.6 is 0 Å². The van der Waals surface area contributed by atoms with Crippen LogP contribution in [0.2, 0.25) is 0 Å². The number of ether oxygens (including phenoxy) is 2. The molecule has 0 aliphatic carbocycles. The highest BCUT2D eigenvalue weighted by Crippen LogP contribution is 2.22. The summed E-state index contributed by atoms with van der Waals surface area (Å²) in [6, 6.07) is 25.3. The van der Waals surface area contributed by atoms with Crippen molar-refractivity contribution in [3.05, 3.63) is 102 Å². The van der Waals surface area contributed by atoms with Gasteiger partial charge in [0.15, 0.2) is 0 Å². The molecule has 0 aliphatic rings. The highest BCUT2D eigenvalue weighted by atomic mass is 16.5. The Morgan fingerprint density at radius 2 is 1.26 bits per heavy atom. The molecule has 3 aromatic carbocycles. The lowest BCUT2D eigenvalue weighted by Crippen LogP contribution is -2.11. The summed E-state index contributed by atoms with van der Waals surface area (Å²) in [5.41, 5.74) is 1.29. The van der Waals surface area contributed by atoms with Gasteiger partial charge in [0, 0.05) is 5.56 Å². The lowest BCUT2D eigenvalue weighted by Gasteiger charge is -2.12. The van der Waals surface area contributed by atoms with Crippen LogP contribution in [-0.2, 0) is 4.74 Å². The van der Waals surface area contributed by atoms with Gasteiger partial charge in [-0.1, -0.05) is 48.5 Å². The molecule has 5 heteroatoms. The Morgan fingerprint density at radius 3 is 1.78 bits per heavy atom. The van der Waals surface area contributed by atoms with Crippen LogP contribution in [0.5, 0.6) is 5.75 Å². The molecule has 3 rings (SSSR count). The van der Waals surface area contributed by atoms with Crippen LogP contribution in [0.1, 0.15) is 32.4 Å². The van der Waals surface area contributed by atoms with E-state index in [1.807, 2.05) is 12.1 Å². The molecule has 0 aromatic heterocycles. The van der Waals surface area contributed by atoms with Crippen molar-refractivity contribution in [3.63, 3.8) is 0 Å². The van der Waals surface area contributed by atoms with Crippen molar-refractivity contribution in [1.82, 2.24) is 0 Å². The molecule has 0 fully saturated rings. The topological polar surface area (TPSA) is 76.4 Å². The predicted octanol–water partition coefficient (Wildman–Crippen LogP) is 4.33. The number of hydrogen-bond donors (Lipinski definition) is 0. The van der Waals surface area contributed by atoms with E-state index >= 15 is 0 Å². The Labute approximate surface area is 156 Å². The van der Waals surface area contributed by atoms with Crippen LogP contribution < -0.4 is 4.74 Å². The molecule has 27 heavy (non-hydrogen) atoms. The van der Waals surface area contributed by atoms with Gasteiger partial charge in [0.1, 0.15) is 11.8 Å². The summed E-state index contributed by atoms with van der Waals surface area (Å²) in [6.07, 6.45) is -1.06. The second-order valence-corrected chi connectivity index (χ2v) is 5.61. The van der Waals surface area contributed by atoms with Crippen LogP contribution in [0.4, 0.5) is 0 Å². The molecular weight excluding hydrogens is 342 g/mol. The summed E-state index contributed by atoms with van der Waals surface area (Å²) in [4.78, 5) is 24.2. The zero-order valence-corrected chi connectivity index (χ0v) is 14.2. The highest BCUT2D eigenvalue weighted by molar-refractivity contribution is 5.91. The molecule has 0 radical (unpaired) electrons. The molecule has 0 amide bonds. The summed E-state index contributed by atoms with van der Waals surface area (Å²) in [5.74, 6) is -0.726. The van der Waals surface area contributed by atoms with Crippen molar-refractivity contribution < 1.29 is 19.1 Å². The van der Waals surface area contributed by atoms with Crippen molar-refractivity contribution in [2.75, 3.05) is 0 Å². The second-order valence-electron chi connectivity index (χ2n) is 5.61. The van der Waals surface area contributed by atoms with Gasteiger partial charge in [-0.2, -0.15) is 5.26 Å². The normalized spacial score (nSPS) is 11.1. The highest BCUT2D eigenvalue weighted by Gasteiger charge is 2.18. The molecule has 0 N–H and O–H groups in total. The average Bonchev–Trinajstić information content (AvgIpc) is 2.73. The van der Waals surface area contributed by atoms with Gasteiger partial charge in [0.2, 0.25) is 6.10 Å². The minimum absolute atomic E-state index is 0.332. The van der Waals surface area contributed by atoms with Crippen molar-refractivity contribution in [2.24, 2.45) is 0 Å². The first-order valence-electron chi connectivity index (χ1n) is 8.20. The molecule has 0 unspecified atom stereocenters. The zero-order chi connectivity index (χ0) is 19.1. The van der Waals surface area contributed by atoms with Crippen LogP contribution in [0.25, 0.3) is 0 Å². The third-order valence-electron chi connectivity index (χ3n) is 3.75. The van der Waals surface area contributed by atoms with Gasteiger partial charge in [-0.25, -0.2) is 9.59 Å². The van der Waals surface area contributed by atoms with Crippen molar-refractivity contribution >= 4 is 11.9 Å². The van der Waals surface area contributed by atoms with E-state index < -0.39 is 18.0 Å². The number of esters is 2. The summed E-state index contributed by atoms with van der Waals surface area (Å²) >= 11 is 0. The fourth-order valence-corrected chi connectivity index (χ4v) is 2.37. The van der Waals surface area contributed by atoms with E-state index in [9.17, 15) is 14.9 Å². The maximum absolute atomic E-state index is 12.1. The molecule has 0 aliphatic heterocycles. The minimum Gasteiger partial charge on any atom is -0.438 e. The molecule has 0 saturated carbocycles. The van der Waals surface area contributed by atoms with Gasteiger partial charge in [-0.05, 0) is 36.4 Å². The molecule has 3 aromatic rings. The van der Waals surface area contributed by atoms with Gasteiger partial charge in [0.05, 0.1) is 11.1 Å². The predicted molar refractivity (Wildman–Crippen MR) is 98.1 cm³/mol. The largest absolute Gasteiger partial charge is 0.438 e. The van der Waals surface area contributed by atoms with E-state index in [-0.39, 0.29) is 0 Å². The average molecular weight is 357 g/mol. The molecule has 132 valence electrons. The third kappa shape index (κ3) is 4.59. The van der Waals surface area contributed by atoms with Crippen molar-refractivity contribution in [1.29, 1.82) is 5.26 Å². The molecule has 1 atom stereocenters. The minimum atomic E-state index is -1.06. The van der Waals surface area contributed by atoms with E-state index in [2.05, 4.69) is 0 Å².